The number of carbonyl (C=O) groups excluding carboxylic acids is 2. The molecule has 0 fully saturated rings. The van der Waals surface area contributed by atoms with Gasteiger partial charge in [0.1, 0.15) is 23.2 Å². The molecule has 0 radical (unpaired) electrons. The predicted octanol–water partition coefficient (Wildman–Crippen LogP) is 4.51. The van der Waals surface area contributed by atoms with Crippen LogP contribution in [0.3, 0.4) is 0 Å². The summed E-state index contributed by atoms with van der Waals surface area (Å²) >= 11 is 0. The molecule has 0 aliphatic rings. The summed E-state index contributed by atoms with van der Waals surface area (Å²) < 4.78 is 39.7. The molecule has 4 aromatic rings. The third-order valence-corrected chi connectivity index (χ3v) is 11.4. The van der Waals surface area contributed by atoms with Crippen LogP contribution in [0.15, 0.2) is 114 Å². The Morgan fingerprint density at radius 2 is 1.00 bits per heavy atom. The predicted molar refractivity (Wildman–Crippen MR) is 155 cm³/mol. The third-order valence-electron chi connectivity index (χ3n) is 6.11. The first-order valence-corrected chi connectivity index (χ1v) is 15.4. The average Bonchev–Trinajstić information content (AvgIpc) is 2.98. The van der Waals surface area contributed by atoms with Crippen molar-refractivity contribution >= 4 is 45.2 Å². The first kappa shape index (κ1) is 29.7. The van der Waals surface area contributed by atoms with E-state index < -0.39 is 34.2 Å². The van der Waals surface area contributed by atoms with Gasteiger partial charge >= 0.3 is 11.9 Å². The summed E-state index contributed by atoms with van der Waals surface area (Å²) in [5.41, 5.74) is -0.374. The first-order valence-electron chi connectivity index (χ1n) is 12.0. The molecule has 0 aliphatic heterocycles. The molecule has 0 saturated carbocycles. The Kier molecular flexibility index (Phi) is 10.1. The molecule has 0 unspecified atom stereocenters. The topological polar surface area (TPSA) is 107 Å². The molecule has 0 aromatic heterocycles. The molecule has 0 amide bonds. The summed E-state index contributed by atoms with van der Waals surface area (Å²) in [6.07, 6.45) is 1.14. The van der Waals surface area contributed by atoms with Crippen LogP contribution in [0, 0.1) is 0 Å². The van der Waals surface area contributed by atoms with Gasteiger partial charge in [-0.3, -0.25) is 4.55 Å². The molecular formula is C30H30O7PS+. The van der Waals surface area contributed by atoms with Crippen LogP contribution in [0.2, 0.25) is 0 Å². The number of benzene rings is 4. The molecule has 39 heavy (non-hydrogen) atoms. The Morgan fingerprint density at radius 1 is 0.667 bits per heavy atom. The smallest absolute Gasteiger partial charge is 0.337 e. The van der Waals surface area contributed by atoms with Gasteiger partial charge in [0.15, 0.2) is 0 Å². The summed E-state index contributed by atoms with van der Waals surface area (Å²) in [7, 11) is -3.89. The minimum atomic E-state index is -4.55. The number of rotatable bonds is 7. The van der Waals surface area contributed by atoms with Gasteiger partial charge in [0, 0.05) is 0 Å². The van der Waals surface area contributed by atoms with Gasteiger partial charge in [-0.15, -0.1) is 0 Å². The Hall–Kier alpha value is -3.84. The molecule has 4 rings (SSSR count). The maximum atomic E-state index is 11.3. The van der Waals surface area contributed by atoms with E-state index in [0.29, 0.717) is 0 Å². The zero-order chi connectivity index (χ0) is 28.5. The maximum Gasteiger partial charge on any atom is 0.337 e. The molecule has 0 bridgehead atoms. The van der Waals surface area contributed by atoms with E-state index in [1.54, 1.807) is 0 Å². The van der Waals surface area contributed by atoms with Crippen molar-refractivity contribution in [2.24, 2.45) is 0 Å². The van der Waals surface area contributed by atoms with E-state index in [-0.39, 0.29) is 11.1 Å². The Balaban J connectivity index is 0.000000219. The molecule has 9 heteroatoms. The van der Waals surface area contributed by atoms with Gasteiger partial charge in [0.05, 0.1) is 36.4 Å². The largest absolute Gasteiger partial charge is 0.465 e. The van der Waals surface area contributed by atoms with Gasteiger partial charge in [0.25, 0.3) is 10.1 Å². The first-order chi connectivity index (χ1) is 18.7. The molecule has 0 saturated heterocycles. The van der Waals surface area contributed by atoms with Crippen LogP contribution in [-0.4, -0.2) is 45.3 Å². The van der Waals surface area contributed by atoms with Crippen LogP contribution in [0.25, 0.3) is 0 Å². The molecule has 0 aliphatic carbocycles. The Labute approximate surface area is 229 Å². The van der Waals surface area contributed by atoms with E-state index >= 15 is 0 Å². The zero-order valence-electron chi connectivity index (χ0n) is 21.9. The monoisotopic (exact) mass is 565 g/mol. The highest BCUT2D eigenvalue weighted by Gasteiger charge is 2.43. The Morgan fingerprint density at radius 3 is 1.26 bits per heavy atom. The van der Waals surface area contributed by atoms with Crippen LogP contribution >= 0.6 is 7.26 Å². The van der Waals surface area contributed by atoms with Gasteiger partial charge in [-0.2, -0.15) is 8.42 Å². The molecule has 202 valence electrons. The number of hydrogen-bond donors (Lipinski definition) is 1. The minimum absolute atomic E-state index is 0.187. The quantitative estimate of drug-likeness (QED) is 0.200. The van der Waals surface area contributed by atoms with Crippen molar-refractivity contribution in [3.63, 3.8) is 0 Å². The van der Waals surface area contributed by atoms with E-state index in [1.807, 2.05) is 0 Å². The van der Waals surface area contributed by atoms with Crippen LogP contribution in [0.4, 0.5) is 0 Å². The normalized spacial score (nSPS) is 11.1. The van der Waals surface area contributed by atoms with Gasteiger partial charge in [-0.25, -0.2) is 9.59 Å². The second kappa shape index (κ2) is 13.3. The fraction of sp³-hybridized carbons (Fsp3) is 0.133. The number of hydrogen-bond acceptors (Lipinski definition) is 6. The molecule has 0 spiro atoms. The average molecular weight is 566 g/mol. The van der Waals surface area contributed by atoms with Gasteiger partial charge in [-0.1, -0.05) is 54.6 Å². The van der Waals surface area contributed by atoms with Crippen molar-refractivity contribution in [3.8, 4) is 0 Å². The summed E-state index contributed by atoms with van der Waals surface area (Å²) in [6.45, 7) is 2.32. The highest BCUT2D eigenvalue weighted by atomic mass is 32.2. The van der Waals surface area contributed by atoms with Crippen molar-refractivity contribution in [2.45, 2.75) is 11.8 Å². The Bertz CT molecular complexity index is 1380. The van der Waals surface area contributed by atoms with E-state index in [1.165, 1.54) is 15.9 Å². The number of methoxy groups -OCH3 is 2. The number of esters is 2. The molecule has 0 heterocycles. The SMILES string of the molecule is CC[P+](c1ccccc1)(c1ccccc1)c1ccccc1.COC(=O)c1cc(C(=O)OC)cc(S(=O)(=O)O)c1. The molecule has 7 nitrogen and oxygen atoms in total. The highest BCUT2D eigenvalue weighted by Crippen LogP contribution is 2.54. The highest BCUT2D eigenvalue weighted by molar-refractivity contribution is 7.95. The van der Waals surface area contributed by atoms with Crippen LogP contribution < -0.4 is 15.9 Å². The van der Waals surface area contributed by atoms with Crippen molar-refractivity contribution in [1.82, 2.24) is 0 Å². The van der Waals surface area contributed by atoms with Crippen LogP contribution in [0.5, 0.6) is 0 Å². The second-order valence-electron chi connectivity index (χ2n) is 8.34. The lowest BCUT2D eigenvalue weighted by Crippen LogP contribution is -2.32. The maximum absolute atomic E-state index is 11.3. The van der Waals surface area contributed by atoms with Crippen molar-refractivity contribution in [2.75, 3.05) is 20.4 Å². The standard InChI is InChI=1S/C20H20P.C10H10O7S/c1-2-21(18-12-6-3-7-13-18,19-14-8-4-9-15-19)20-16-10-5-11-17-20;1-16-9(11)6-3-7(10(12)17-2)5-8(4-6)18(13,14)15/h3-17H,2H2,1H3;3-5H,1-2H3,(H,13,14,15)/q+1;. The summed E-state index contributed by atoms with van der Waals surface area (Å²) in [5, 5.41) is 4.39. The fourth-order valence-corrected chi connectivity index (χ4v) is 8.85. The van der Waals surface area contributed by atoms with Crippen molar-refractivity contribution < 1.29 is 32.0 Å². The van der Waals surface area contributed by atoms with Crippen LogP contribution in [-0.2, 0) is 19.6 Å². The fourth-order valence-electron chi connectivity index (χ4n) is 4.26. The van der Waals surface area contributed by atoms with Gasteiger partial charge < -0.3 is 9.47 Å². The minimum Gasteiger partial charge on any atom is -0.465 e. The summed E-state index contributed by atoms with van der Waals surface area (Å²) in [4.78, 5) is 22.0. The van der Waals surface area contributed by atoms with Crippen molar-refractivity contribution in [3.05, 3.63) is 120 Å². The van der Waals surface area contributed by atoms with E-state index in [0.717, 1.165) is 38.6 Å². The molecule has 0 atom stereocenters. The van der Waals surface area contributed by atoms with E-state index in [2.05, 4.69) is 107 Å². The van der Waals surface area contributed by atoms with Gasteiger partial charge in [-0.05, 0) is 61.5 Å². The second-order valence-corrected chi connectivity index (χ2v) is 13.6. The summed E-state index contributed by atoms with van der Waals surface area (Å²) in [5.74, 6) is -1.68. The molecular weight excluding hydrogens is 535 g/mol. The third kappa shape index (κ3) is 6.98. The van der Waals surface area contributed by atoms with E-state index in [4.69, 9.17) is 4.55 Å². The lowest BCUT2D eigenvalue weighted by Gasteiger charge is -2.26. The lowest BCUT2D eigenvalue weighted by molar-refractivity contribution is 0.0598. The van der Waals surface area contributed by atoms with Crippen molar-refractivity contribution in [1.29, 1.82) is 0 Å². The molecule has 1 N–H and O–H groups in total. The number of carbonyl (C=O) groups is 2. The van der Waals surface area contributed by atoms with Gasteiger partial charge in [0.2, 0.25) is 0 Å². The number of ether oxygens (including phenoxy) is 2. The lowest BCUT2D eigenvalue weighted by atomic mass is 10.1. The zero-order valence-corrected chi connectivity index (χ0v) is 23.6. The van der Waals surface area contributed by atoms with E-state index in [9.17, 15) is 18.0 Å². The molecule has 4 aromatic carbocycles. The summed E-state index contributed by atoms with van der Waals surface area (Å²) in [6, 6.07) is 35.9. The van der Waals surface area contributed by atoms with Crippen LogP contribution in [0.1, 0.15) is 27.6 Å².